The summed E-state index contributed by atoms with van der Waals surface area (Å²) >= 11 is 0. The van der Waals surface area contributed by atoms with Gasteiger partial charge in [0.2, 0.25) is 0 Å². The van der Waals surface area contributed by atoms with E-state index in [4.69, 9.17) is 4.74 Å². The lowest BCUT2D eigenvalue weighted by atomic mass is 10.1. The molecule has 0 atom stereocenters. The average Bonchev–Trinajstić information content (AvgIpc) is 3.10. The summed E-state index contributed by atoms with van der Waals surface area (Å²) in [5.74, 6) is 1.33. The van der Waals surface area contributed by atoms with Gasteiger partial charge in [-0.25, -0.2) is 4.98 Å². The Bertz CT molecular complexity index is 809. The van der Waals surface area contributed by atoms with Crippen molar-refractivity contribution in [2.45, 2.75) is 6.92 Å². The van der Waals surface area contributed by atoms with Gasteiger partial charge >= 0.3 is 0 Å². The Hall–Kier alpha value is -3.08. The van der Waals surface area contributed by atoms with Crippen molar-refractivity contribution in [2.24, 2.45) is 0 Å². The molecule has 5 nitrogen and oxygen atoms in total. The summed E-state index contributed by atoms with van der Waals surface area (Å²) in [5.41, 5.74) is 3.24. The number of hydrogen-bond donors (Lipinski definition) is 2. The monoisotopic (exact) mass is 307 g/mol. The Morgan fingerprint density at radius 1 is 1.17 bits per heavy atom. The number of aromatic amines is 1. The van der Waals surface area contributed by atoms with Gasteiger partial charge in [0, 0.05) is 29.2 Å². The van der Waals surface area contributed by atoms with E-state index in [1.807, 2.05) is 37.3 Å². The van der Waals surface area contributed by atoms with E-state index in [0.717, 1.165) is 22.6 Å². The molecule has 2 aromatic carbocycles. The van der Waals surface area contributed by atoms with Crippen LogP contribution in [0.2, 0.25) is 0 Å². The van der Waals surface area contributed by atoms with Crippen LogP contribution in [0.15, 0.2) is 54.9 Å². The van der Waals surface area contributed by atoms with E-state index in [1.165, 1.54) is 0 Å². The smallest absolute Gasteiger partial charge is 0.255 e. The summed E-state index contributed by atoms with van der Waals surface area (Å²) in [4.78, 5) is 19.6. The molecule has 5 heteroatoms. The van der Waals surface area contributed by atoms with Crippen LogP contribution in [0.3, 0.4) is 0 Å². The number of anilines is 1. The van der Waals surface area contributed by atoms with E-state index in [1.54, 1.807) is 31.6 Å². The second-order valence-corrected chi connectivity index (χ2v) is 5.15. The zero-order valence-electron chi connectivity index (χ0n) is 13.0. The van der Waals surface area contributed by atoms with E-state index in [9.17, 15) is 4.79 Å². The number of methoxy groups -OCH3 is 1. The van der Waals surface area contributed by atoms with Crippen LogP contribution < -0.4 is 10.1 Å². The van der Waals surface area contributed by atoms with E-state index in [0.29, 0.717) is 11.3 Å². The number of nitrogens with zero attached hydrogens (tertiary/aromatic N) is 1. The first-order chi connectivity index (χ1) is 11.2. The van der Waals surface area contributed by atoms with Crippen LogP contribution in [0.25, 0.3) is 11.4 Å². The Balaban J connectivity index is 1.75. The second-order valence-electron chi connectivity index (χ2n) is 5.15. The Kier molecular flexibility index (Phi) is 4.10. The van der Waals surface area contributed by atoms with Gasteiger partial charge in [0.15, 0.2) is 0 Å². The van der Waals surface area contributed by atoms with Crippen LogP contribution >= 0.6 is 0 Å². The molecule has 0 spiro atoms. The molecular weight excluding hydrogens is 290 g/mol. The van der Waals surface area contributed by atoms with Crippen LogP contribution in [0.4, 0.5) is 5.69 Å². The molecule has 1 heterocycles. The predicted molar refractivity (Wildman–Crippen MR) is 89.7 cm³/mol. The van der Waals surface area contributed by atoms with Gasteiger partial charge in [-0.1, -0.05) is 6.07 Å². The Morgan fingerprint density at radius 3 is 2.61 bits per heavy atom. The van der Waals surface area contributed by atoms with Gasteiger partial charge in [-0.05, 0) is 48.9 Å². The average molecular weight is 307 g/mol. The number of imidazole rings is 1. The summed E-state index contributed by atoms with van der Waals surface area (Å²) in [6.45, 7) is 1.94. The normalized spacial score (nSPS) is 10.3. The topological polar surface area (TPSA) is 67.0 Å². The maximum atomic E-state index is 12.3. The molecule has 3 rings (SSSR count). The third-order valence-corrected chi connectivity index (χ3v) is 3.58. The molecule has 0 bridgehead atoms. The van der Waals surface area contributed by atoms with Gasteiger partial charge < -0.3 is 15.0 Å². The number of hydrogen-bond acceptors (Lipinski definition) is 3. The number of nitrogens with one attached hydrogen (secondary N) is 2. The molecule has 1 aromatic heterocycles. The van der Waals surface area contributed by atoms with Gasteiger partial charge in [0.05, 0.1) is 7.11 Å². The molecule has 0 fully saturated rings. The van der Waals surface area contributed by atoms with Crippen molar-refractivity contribution >= 4 is 11.6 Å². The number of benzene rings is 2. The Labute approximate surface area is 134 Å². The number of amides is 1. The number of carbonyl (C=O) groups is 1. The van der Waals surface area contributed by atoms with Crippen molar-refractivity contribution in [3.8, 4) is 17.1 Å². The lowest BCUT2D eigenvalue weighted by Crippen LogP contribution is -2.12. The molecule has 116 valence electrons. The SMILES string of the molecule is COc1cc(C(=O)Nc2ccc(-c3ncc[nH]3)cc2)ccc1C. The van der Waals surface area contributed by atoms with E-state index in [2.05, 4.69) is 15.3 Å². The van der Waals surface area contributed by atoms with Crippen molar-refractivity contribution in [2.75, 3.05) is 12.4 Å². The number of aromatic nitrogens is 2. The summed E-state index contributed by atoms with van der Waals surface area (Å²) < 4.78 is 5.25. The van der Waals surface area contributed by atoms with Crippen LogP contribution in [0, 0.1) is 6.92 Å². The quantitative estimate of drug-likeness (QED) is 0.773. The van der Waals surface area contributed by atoms with Gasteiger partial charge in [-0.2, -0.15) is 0 Å². The van der Waals surface area contributed by atoms with Gasteiger partial charge in [-0.15, -0.1) is 0 Å². The van der Waals surface area contributed by atoms with Gasteiger partial charge in [0.25, 0.3) is 5.91 Å². The lowest BCUT2D eigenvalue weighted by Gasteiger charge is -2.09. The summed E-state index contributed by atoms with van der Waals surface area (Å²) in [7, 11) is 1.59. The molecule has 0 aliphatic heterocycles. The van der Waals surface area contributed by atoms with Crippen LogP contribution in [-0.2, 0) is 0 Å². The minimum Gasteiger partial charge on any atom is -0.496 e. The van der Waals surface area contributed by atoms with Crippen LogP contribution in [0.1, 0.15) is 15.9 Å². The van der Waals surface area contributed by atoms with E-state index >= 15 is 0 Å². The third-order valence-electron chi connectivity index (χ3n) is 3.58. The third kappa shape index (κ3) is 3.23. The summed E-state index contributed by atoms with van der Waals surface area (Å²) in [6.07, 6.45) is 3.48. The number of rotatable bonds is 4. The maximum absolute atomic E-state index is 12.3. The summed E-state index contributed by atoms with van der Waals surface area (Å²) in [6, 6.07) is 12.9. The predicted octanol–water partition coefficient (Wildman–Crippen LogP) is 3.65. The second kappa shape index (κ2) is 6.36. The van der Waals surface area contributed by atoms with Crippen LogP contribution in [0.5, 0.6) is 5.75 Å². The highest BCUT2D eigenvalue weighted by Crippen LogP contribution is 2.21. The number of ether oxygens (including phenoxy) is 1. The highest BCUT2D eigenvalue weighted by Gasteiger charge is 2.09. The number of H-pyrrole nitrogens is 1. The fourth-order valence-electron chi connectivity index (χ4n) is 2.30. The Morgan fingerprint density at radius 2 is 1.96 bits per heavy atom. The van der Waals surface area contributed by atoms with Crippen molar-refractivity contribution in [1.82, 2.24) is 9.97 Å². The van der Waals surface area contributed by atoms with Gasteiger partial charge in [0.1, 0.15) is 11.6 Å². The molecule has 23 heavy (non-hydrogen) atoms. The molecule has 2 N–H and O–H groups in total. The zero-order valence-corrected chi connectivity index (χ0v) is 13.0. The fraction of sp³-hybridized carbons (Fsp3) is 0.111. The molecule has 0 radical (unpaired) electrons. The van der Waals surface area contributed by atoms with Crippen molar-refractivity contribution < 1.29 is 9.53 Å². The zero-order chi connectivity index (χ0) is 16.2. The highest BCUT2D eigenvalue weighted by atomic mass is 16.5. The first-order valence-electron chi connectivity index (χ1n) is 7.23. The standard InChI is InChI=1S/C18H17N3O2/c1-12-3-4-14(11-16(12)23-2)18(22)21-15-7-5-13(6-8-15)17-19-9-10-20-17/h3-11H,1-2H3,(H,19,20)(H,21,22). The highest BCUT2D eigenvalue weighted by molar-refractivity contribution is 6.04. The van der Waals surface area contributed by atoms with E-state index in [-0.39, 0.29) is 5.91 Å². The largest absolute Gasteiger partial charge is 0.496 e. The number of carbonyl (C=O) groups excluding carboxylic acids is 1. The van der Waals surface area contributed by atoms with Crippen molar-refractivity contribution in [3.05, 3.63) is 66.0 Å². The molecule has 0 aliphatic rings. The fourth-order valence-corrected chi connectivity index (χ4v) is 2.30. The molecule has 1 amide bonds. The maximum Gasteiger partial charge on any atom is 0.255 e. The van der Waals surface area contributed by atoms with Gasteiger partial charge in [-0.3, -0.25) is 4.79 Å². The van der Waals surface area contributed by atoms with Crippen molar-refractivity contribution in [3.63, 3.8) is 0 Å². The first kappa shape index (κ1) is 14.8. The molecule has 0 aliphatic carbocycles. The minimum atomic E-state index is -0.172. The van der Waals surface area contributed by atoms with Crippen LogP contribution in [-0.4, -0.2) is 23.0 Å². The molecule has 3 aromatic rings. The van der Waals surface area contributed by atoms with Crippen molar-refractivity contribution in [1.29, 1.82) is 0 Å². The number of aryl methyl sites for hydroxylation is 1. The molecule has 0 saturated heterocycles. The molecule has 0 saturated carbocycles. The molecular formula is C18H17N3O2. The summed E-state index contributed by atoms with van der Waals surface area (Å²) in [5, 5.41) is 2.88. The van der Waals surface area contributed by atoms with E-state index < -0.39 is 0 Å². The first-order valence-corrected chi connectivity index (χ1v) is 7.23. The molecule has 0 unspecified atom stereocenters. The minimum absolute atomic E-state index is 0.172. The lowest BCUT2D eigenvalue weighted by molar-refractivity contribution is 0.102.